The minimum Gasteiger partial charge on any atom is -0.316 e. The molecule has 1 aliphatic carbocycles. The first-order valence-corrected chi connectivity index (χ1v) is 5.88. The highest BCUT2D eigenvalue weighted by molar-refractivity contribution is 5.36. The van der Waals surface area contributed by atoms with Gasteiger partial charge in [-0.3, -0.25) is 0 Å². The zero-order valence-corrected chi connectivity index (χ0v) is 9.68. The molecule has 1 atom stereocenters. The van der Waals surface area contributed by atoms with Crippen LogP contribution in [0.15, 0.2) is 4.99 Å². The Hall–Kier alpha value is -0.660. The smallest absolute Gasteiger partial charge is 0.235 e. The molecule has 0 radical (unpaired) electrons. The van der Waals surface area contributed by atoms with Crippen LogP contribution >= 0.6 is 0 Å². The number of nitrogens with zero attached hydrogens (tertiary/aromatic N) is 1. The van der Waals surface area contributed by atoms with Crippen LogP contribution in [0.25, 0.3) is 0 Å². The predicted octanol–water partition coefficient (Wildman–Crippen LogP) is 1.88. The second-order valence-corrected chi connectivity index (χ2v) is 5.87. The molecule has 1 unspecified atom stereocenters. The molecule has 2 fully saturated rings. The average Bonchev–Trinajstić information content (AvgIpc) is 2.16. The number of carbonyl (C=O) groups excluding carboxylic acids is 1. The molecule has 1 aliphatic heterocycles. The molecule has 2 rings (SSSR count). The van der Waals surface area contributed by atoms with Crippen molar-refractivity contribution in [3.05, 3.63) is 0 Å². The summed E-state index contributed by atoms with van der Waals surface area (Å²) in [6, 6.07) is 0. The van der Waals surface area contributed by atoms with Gasteiger partial charge in [-0.15, -0.1) is 0 Å². The van der Waals surface area contributed by atoms with E-state index in [0.717, 1.165) is 25.9 Å². The molecular formula is C12H20N2O. The molecule has 0 bridgehead atoms. The summed E-state index contributed by atoms with van der Waals surface area (Å²) in [6.07, 6.45) is 6.29. The molecule has 0 aromatic carbocycles. The van der Waals surface area contributed by atoms with Gasteiger partial charge < -0.3 is 5.32 Å². The number of piperidine rings is 1. The largest absolute Gasteiger partial charge is 0.316 e. The number of rotatable bonds is 2. The first kappa shape index (κ1) is 10.8. The number of hydrogen-bond acceptors (Lipinski definition) is 3. The lowest BCUT2D eigenvalue weighted by Crippen LogP contribution is -2.56. The Balaban J connectivity index is 2.10. The van der Waals surface area contributed by atoms with Crippen LogP contribution in [0.3, 0.4) is 0 Å². The molecule has 3 heteroatoms. The van der Waals surface area contributed by atoms with E-state index in [0.29, 0.717) is 11.3 Å². The van der Waals surface area contributed by atoms with Crippen LogP contribution in [-0.4, -0.2) is 24.7 Å². The Kier molecular flexibility index (Phi) is 2.70. The molecule has 3 nitrogen and oxygen atoms in total. The fraction of sp³-hybridized carbons (Fsp3) is 0.917. The standard InChI is InChI=1S/C12H20N2O/c1-11(2)7-12(8-11,14-9-15)10-4-3-5-13-6-10/h10,13H,3-8H2,1-2H3. The Morgan fingerprint density at radius 1 is 1.40 bits per heavy atom. The molecule has 0 spiro atoms. The SMILES string of the molecule is CC1(C)CC(N=C=O)(C2CCCNC2)C1. The van der Waals surface area contributed by atoms with Crippen molar-refractivity contribution in [2.24, 2.45) is 16.3 Å². The third-order valence-corrected chi connectivity index (χ3v) is 3.89. The van der Waals surface area contributed by atoms with Crippen LogP contribution < -0.4 is 5.32 Å². The monoisotopic (exact) mass is 208 g/mol. The zero-order valence-electron chi connectivity index (χ0n) is 9.68. The quantitative estimate of drug-likeness (QED) is 0.556. The lowest BCUT2D eigenvalue weighted by Gasteiger charge is -2.54. The van der Waals surface area contributed by atoms with E-state index in [1.807, 2.05) is 0 Å². The molecule has 0 amide bonds. The van der Waals surface area contributed by atoms with Gasteiger partial charge in [0.1, 0.15) is 0 Å². The van der Waals surface area contributed by atoms with Gasteiger partial charge in [0.15, 0.2) is 0 Å². The molecule has 0 aromatic heterocycles. The van der Waals surface area contributed by atoms with Gasteiger partial charge in [-0.2, -0.15) is 4.99 Å². The Morgan fingerprint density at radius 2 is 2.13 bits per heavy atom. The van der Waals surface area contributed by atoms with E-state index in [1.54, 1.807) is 6.08 Å². The van der Waals surface area contributed by atoms with Crippen LogP contribution in [0.5, 0.6) is 0 Å². The maximum absolute atomic E-state index is 10.6. The van der Waals surface area contributed by atoms with Crippen LogP contribution in [0.4, 0.5) is 0 Å². The van der Waals surface area contributed by atoms with E-state index >= 15 is 0 Å². The van der Waals surface area contributed by atoms with E-state index < -0.39 is 0 Å². The minimum absolute atomic E-state index is 0.0847. The van der Waals surface area contributed by atoms with Crippen molar-refractivity contribution in [1.82, 2.24) is 5.32 Å². The van der Waals surface area contributed by atoms with Crippen molar-refractivity contribution in [2.75, 3.05) is 13.1 Å². The molecular weight excluding hydrogens is 188 g/mol. The van der Waals surface area contributed by atoms with E-state index in [-0.39, 0.29) is 5.54 Å². The molecule has 1 N–H and O–H groups in total. The lowest BCUT2D eigenvalue weighted by molar-refractivity contribution is 0.00990. The van der Waals surface area contributed by atoms with Crippen LogP contribution in [-0.2, 0) is 4.79 Å². The second kappa shape index (κ2) is 3.73. The Labute approximate surface area is 91.3 Å². The molecule has 2 aliphatic rings. The molecule has 84 valence electrons. The first-order valence-electron chi connectivity index (χ1n) is 5.88. The van der Waals surface area contributed by atoms with E-state index in [4.69, 9.17) is 0 Å². The molecule has 1 saturated carbocycles. The number of hydrogen-bond donors (Lipinski definition) is 1. The van der Waals surface area contributed by atoms with Crippen LogP contribution in [0.2, 0.25) is 0 Å². The van der Waals surface area contributed by atoms with Crippen molar-refractivity contribution >= 4 is 6.08 Å². The summed E-state index contributed by atoms with van der Waals surface area (Å²) in [6.45, 7) is 6.63. The zero-order chi connectivity index (χ0) is 10.9. The van der Waals surface area contributed by atoms with E-state index in [9.17, 15) is 4.79 Å². The molecule has 0 aromatic rings. The predicted molar refractivity (Wildman–Crippen MR) is 59.5 cm³/mol. The van der Waals surface area contributed by atoms with E-state index in [2.05, 4.69) is 24.2 Å². The Bertz CT molecular complexity index is 278. The third-order valence-electron chi connectivity index (χ3n) is 3.89. The summed E-state index contributed by atoms with van der Waals surface area (Å²) in [5, 5.41) is 3.40. The van der Waals surface area contributed by atoms with Crippen LogP contribution in [0.1, 0.15) is 39.5 Å². The van der Waals surface area contributed by atoms with Crippen LogP contribution in [0, 0.1) is 11.3 Å². The summed E-state index contributed by atoms with van der Waals surface area (Å²) in [7, 11) is 0. The highest BCUT2D eigenvalue weighted by Gasteiger charge is 2.53. The maximum Gasteiger partial charge on any atom is 0.235 e. The van der Waals surface area contributed by atoms with Crippen molar-refractivity contribution in [1.29, 1.82) is 0 Å². The fourth-order valence-electron chi connectivity index (χ4n) is 3.47. The average molecular weight is 208 g/mol. The summed E-state index contributed by atoms with van der Waals surface area (Å²) in [5.41, 5.74) is 0.274. The van der Waals surface area contributed by atoms with Gasteiger partial charge >= 0.3 is 0 Å². The van der Waals surface area contributed by atoms with Gasteiger partial charge in [0.05, 0.1) is 5.54 Å². The van der Waals surface area contributed by atoms with Crippen molar-refractivity contribution in [3.63, 3.8) is 0 Å². The topological polar surface area (TPSA) is 41.5 Å². The summed E-state index contributed by atoms with van der Waals surface area (Å²) in [4.78, 5) is 14.7. The first-order chi connectivity index (χ1) is 7.08. The number of aliphatic imine (C=N–C) groups is 1. The van der Waals surface area contributed by atoms with E-state index in [1.165, 1.54) is 12.8 Å². The highest BCUT2D eigenvalue weighted by atomic mass is 16.1. The fourth-order valence-corrected chi connectivity index (χ4v) is 3.47. The van der Waals surface area contributed by atoms with Crippen molar-refractivity contribution in [3.8, 4) is 0 Å². The normalized spacial score (nSPS) is 32.5. The van der Waals surface area contributed by atoms with Gasteiger partial charge in [0.25, 0.3) is 0 Å². The third kappa shape index (κ3) is 1.99. The highest BCUT2D eigenvalue weighted by Crippen LogP contribution is 2.54. The number of isocyanates is 1. The summed E-state index contributed by atoms with van der Waals surface area (Å²) in [5.74, 6) is 0.542. The Morgan fingerprint density at radius 3 is 2.60 bits per heavy atom. The van der Waals surface area contributed by atoms with Gasteiger partial charge in [-0.1, -0.05) is 13.8 Å². The minimum atomic E-state index is -0.0847. The van der Waals surface area contributed by atoms with Gasteiger partial charge in [-0.05, 0) is 43.6 Å². The number of nitrogens with one attached hydrogen (secondary N) is 1. The summed E-state index contributed by atoms with van der Waals surface area (Å²) < 4.78 is 0. The van der Waals surface area contributed by atoms with Crippen molar-refractivity contribution < 1.29 is 4.79 Å². The second-order valence-electron chi connectivity index (χ2n) is 5.87. The maximum atomic E-state index is 10.6. The van der Waals surface area contributed by atoms with Gasteiger partial charge in [0.2, 0.25) is 6.08 Å². The van der Waals surface area contributed by atoms with Crippen molar-refractivity contribution in [2.45, 2.75) is 45.1 Å². The summed E-state index contributed by atoms with van der Waals surface area (Å²) >= 11 is 0. The van der Waals surface area contributed by atoms with Gasteiger partial charge in [0, 0.05) is 6.54 Å². The lowest BCUT2D eigenvalue weighted by atomic mass is 9.54. The van der Waals surface area contributed by atoms with Gasteiger partial charge in [-0.25, -0.2) is 4.79 Å². The molecule has 1 heterocycles. The molecule has 15 heavy (non-hydrogen) atoms. The molecule has 1 saturated heterocycles.